The Morgan fingerprint density at radius 1 is 0.966 bits per heavy atom. The third-order valence-corrected chi connectivity index (χ3v) is 4.14. The monoisotopic (exact) mass is 392 g/mol. The van der Waals surface area contributed by atoms with Crippen molar-refractivity contribution in [3.05, 3.63) is 83.3 Å². The molecule has 3 aromatic rings. The van der Waals surface area contributed by atoms with Gasteiger partial charge >= 0.3 is 5.97 Å². The quantitative estimate of drug-likeness (QED) is 0.619. The highest BCUT2D eigenvalue weighted by atomic mass is 16.5. The molecule has 0 aliphatic heterocycles. The first kappa shape index (κ1) is 19.9. The maximum Gasteiger partial charge on any atom is 0.338 e. The van der Waals surface area contributed by atoms with Crippen LogP contribution in [0.4, 0.5) is 11.4 Å². The fourth-order valence-electron chi connectivity index (χ4n) is 2.52. The van der Waals surface area contributed by atoms with Gasteiger partial charge < -0.3 is 19.8 Å². The van der Waals surface area contributed by atoms with Crippen molar-refractivity contribution < 1.29 is 23.5 Å². The van der Waals surface area contributed by atoms with E-state index in [-0.39, 0.29) is 11.3 Å². The van der Waals surface area contributed by atoms with Gasteiger partial charge in [0.15, 0.2) is 12.4 Å². The fraction of sp³-hybridized carbons (Fsp3) is 0.136. The van der Waals surface area contributed by atoms with Gasteiger partial charge in [0.25, 0.3) is 11.8 Å². The highest BCUT2D eigenvalue weighted by Gasteiger charge is 2.15. The summed E-state index contributed by atoms with van der Waals surface area (Å²) in [6.07, 6.45) is 1.40. The van der Waals surface area contributed by atoms with Gasteiger partial charge in [-0.2, -0.15) is 0 Å². The van der Waals surface area contributed by atoms with Gasteiger partial charge in [0, 0.05) is 11.4 Å². The van der Waals surface area contributed by atoms with E-state index in [1.165, 1.54) is 18.4 Å². The number of anilines is 2. The first-order chi connectivity index (χ1) is 13.9. The second-order valence-electron chi connectivity index (χ2n) is 6.45. The first-order valence-electron chi connectivity index (χ1n) is 8.91. The van der Waals surface area contributed by atoms with E-state index in [1.807, 2.05) is 19.1 Å². The molecule has 2 N–H and O–H groups in total. The lowest BCUT2D eigenvalue weighted by molar-refractivity contribution is -0.119. The van der Waals surface area contributed by atoms with Crippen LogP contribution < -0.4 is 10.6 Å². The molecule has 29 heavy (non-hydrogen) atoms. The van der Waals surface area contributed by atoms with E-state index >= 15 is 0 Å². The van der Waals surface area contributed by atoms with E-state index in [1.54, 1.807) is 37.3 Å². The van der Waals surface area contributed by atoms with Crippen LogP contribution in [0.1, 0.15) is 32.0 Å². The number of hydrogen-bond donors (Lipinski definition) is 2. The number of carbonyl (C=O) groups is 3. The van der Waals surface area contributed by atoms with Gasteiger partial charge in [0.05, 0.1) is 11.8 Å². The molecule has 0 saturated heterocycles. The van der Waals surface area contributed by atoms with E-state index in [0.29, 0.717) is 11.4 Å². The van der Waals surface area contributed by atoms with Crippen LogP contribution in [0.5, 0.6) is 0 Å². The van der Waals surface area contributed by atoms with Crippen molar-refractivity contribution in [2.45, 2.75) is 13.8 Å². The summed E-state index contributed by atoms with van der Waals surface area (Å²) in [6.45, 7) is 3.32. The summed E-state index contributed by atoms with van der Waals surface area (Å²) in [5.41, 5.74) is 3.12. The standard InChI is InChI=1S/C22H20N2O5/c1-14-5-9-17(10-6-14)23-20(25)13-29-22(27)16-8-7-15(2)18(12-16)24-21(26)19-4-3-11-28-19/h3-12H,13H2,1-2H3,(H,23,25)(H,24,26). The lowest BCUT2D eigenvalue weighted by Crippen LogP contribution is -2.21. The molecule has 2 aromatic carbocycles. The lowest BCUT2D eigenvalue weighted by Gasteiger charge is -2.10. The molecule has 0 fully saturated rings. The first-order valence-corrected chi connectivity index (χ1v) is 8.91. The Bertz CT molecular complexity index is 1020. The van der Waals surface area contributed by atoms with Gasteiger partial charge in [-0.1, -0.05) is 23.8 Å². The molecule has 0 spiro atoms. The molecule has 7 heteroatoms. The van der Waals surface area contributed by atoms with Gasteiger partial charge in [0.1, 0.15) is 0 Å². The second kappa shape index (κ2) is 8.88. The van der Waals surface area contributed by atoms with E-state index in [0.717, 1.165) is 11.1 Å². The Morgan fingerprint density at radius 3 is 2.41 bits per heavy atom. The summed E-state index contributed by atoms with van der Waals surface area (Å²) in [4.78, 5) is 36.4. The molecule has 0 unspecified atom stereocenters. The smallest absolute Gasteiger partial charge is 0.338 e. The van der Waals surface area contributed by atoms with Crippen LogP contribution in [0.2, 0.25) is 0 Å². The average molecular weight is 392 g/mol. The van der Waals surface area contributed by atoms with Crippen LogP contribution in [0, 0.1) is 13.8 Å². The highest BCUT2D eigenvalue weighted by Crippen LogP contribution is 2.19. The van der Waals surface area contributed by atoms with Gasteiger partial charge in [-0.05, 0) is 55.8 Å². The average Bonchev–Trinajstić information content (AvgIpc) is 3.24. The number of amides is 2. The Balaban J connectivity index is 1.59. The van der Waals surface area contributed by atoms with E-state index < -0.39 is 24.4 Å². The number of carbonyl (C=O) groups excluding carboxylic acids is 3. The van der Waals surface area contributed by atoms with Crippen molar-refractivity contribution in [1.82, 2.24) is 0 Å². The van der Waals surface area contributed by atoms with Crippen molar-refractivity contribution in [1.29, 1.82) is 0 Å². The van der Waals surface area contributed by atoms with Crippen LogP contribution in [0.15, 0.2) is 65.3 Å². The summed E-state index contributed by atoms with van der Waals surface area (Å²) in [5.74, 6) is -1.38. The van der Waals surface area contributed by atoms with E-state index in [2.05, 4.69) is 10.6 Å². The Kier molecular flexibility index (Phi) is 6.09. The largest absolute Gasteiger partial charge is 0.459 e. The summed E-state index contributed by atoms with van der Waals surface area (Å²) in [6, 6.07) is 15.2. The predicted octanol–water partition coefficient (Wildman–Crippen LogP) is 3.94. The highest BCUT2D eigenvalue weighted by molar-refractivity contribution is 6.03. The SMILES string of the molecule is Cc1ccc(NC(=O)COC(=O)c2ccc(C)c(NC(=O)c3ccco3)c2)cc1. The molecule has 0 aliphatic carbocycles. The molecule has 0 saturated carbocycles. The van der Waals surface area contributed by atoms with Crippen molar-refractivity contribution in [3.8, 4) is 0 Å². The lowest BCUT2D eigenvalue weighted by atomic mass is 10.1. The number of hydrogen-bond acceptors (Lipinski definition) is 5. The van der Waals surface area contributed by atoms with Crippen LogP contribution in [-0.2, 0) is 9.53 Å². The van der Waals surface area contributed by atoms with Gasteiger partial charge in [-0.25, -0.2) is 4.79 Å². The molecule has 1 aromatic heterocycles. The van der Waals surface area contributed by atoms with Gasteiger partial charge in [0.2, 0.25) is 0 Å². The number of benzene rings is 2. The zero-order valence-electron chi connectivity index (χ0n) is 16.0. The molecular formula is C22H20N2O5. The summed E-state index contributed by atoms with van der Waals surface area (Å²) < 4.78 is 10.1. The number of rotatable bonds is 6. The van der Waals surface area contributed by atoms with E-state index in [9.17, 15) is 14.4 Å². The molecule has 0 bridgehead atoms. The third-order valence-electron chi connectivity index (χ3n) is 4.14. The number of ether oxygens (including phenoxy) is 1. The summed E-state index contributed by atoms with van der Waals surface area (Å²) >= 11 is 0. The van der Waals surface area contributed by atoms with Gasteiger partial charge in [-0.3, -0.25) is 9.59 Å². The van der Waals surface area contributed by atoms with E-state index in [4.69, 9.17) is 9.15 Å². The van der Waals surface area contributed by atoms with Crippen molar-refractivity contribution in [2.75, 3.05) is 17.2 Å². The number of esters is 1. The molecule has 0 aliphatic rings. The number of furan rings is 1. The van der Waals surface area contributed by atoms with Crippen molar-refractivity contribution >= 4 is 29.2 Å². The normalized spacial score (nSPS) is 10.3. The molecule has 0 atom stereocenters. The molecule has 7 nitrogen and oxygen atoms in total. The van der Waals surface area contributed by atoms with Crippen LogP contribution in [0.25, 0.3) is 0 Å². The third kappa shape index (κ3) is 5.32. The maximum atomic E-state index is 12.3. The second-order valence-corrected chi connectivity index (χ2v) is 6.45. The van der Waals surface area contributed by atoms with Crippen LogP contribution >= 0.6 is 0 Å². The zero-order chi connectivity index (χ0) is 20.8. The van der Waals surface area contributed by atoms with Crippen molar-refractivity contribution in [2.24, 2.45) is 0 Å². The zero-order valence-corrected chi connectivity index (χ0v) is 16.0. The molecule has 2 amide bonds. The van der Waals surface area contributed by atoms with Crippen LogP contribution in [0.3, 0.4) is 0 Å². The molecule has 1 heterocycles. The number of aryl methyl sites for hydroxylation is 2. The molecule has 0 radical (unpaired) electrons. The Morgan fingerprint density at radius 2 is 1.72 bits per heavy atom. The molecule has 148 valence electrons. The Hall–Kier alpha value is -3.87. The Labute approximate surface area is 167 Å². The predicted molar refractivity (Wildman–Crippen MR) is 108 cm³/mol. The van der Waals surface area contributed by atoms with Gasteiger partial charge in [-0.15, -0.1) is 0 Å². The fourth-order valence-corrected chi connectivity index (χ4v) is 2.52. The molecular weight excluding hydrogens is 372 g/mol. The minimum Gasteiger partial charge on any atom is -0.459 e. The van der Waals surface area contributed by atoms with Crippen LogP contribution in [-0.4, -0.2) is 24.4 Å². The minimum absolute atomic E-state index is 0.158. The number of nitrogens with one attached hydrogen (secondary N) is 2. The topological polar surface area (TPSA) is 97.6 Å². The summed E-state index contributed by atoms with van der Waals surface area (Å²) in [5, 5.41) is 5.34. The minimum atomic E-state index is -0.669. The summed E-state index contributed by atoms with van der Waals surface area (Å²) in [7, 11) is 0. The van der Waals surface area contributed by atoms with Crippen molar-refractivity contribution in [3.63, 3.8) is 0 Å². The molecule has 3 rings (SSSR count). The maximum absolute atomic E-state index is 12.3.